The minimum absolute atomic E-state index is 0.165. The average Bonchev–Trinajstić information content (AvgIpc) is 2.70. The van der Waals surface area contributed by atoms with Crippen molar-refractivity contribution in [2.24, 2.45) is 0 Å². The van der Waals surface area contributed by atoms with Gasteiger partial charge < -0.3 is 10.2 Å². The van der Waals surface area contributed by atoms with Gasteiger partial charge in [-0.2, -0.15) is 0 Å². The highest BCUT2D eigenvalue weighted by atomic mass is 35.5. The first-order valence-electron chi connectivity index (χ1n) is 9.48. The van der Waals surface area contributed by atoms with E-state index >= 15 is 0 Å². The third-order valence-electron chi connectivity index (χ3n) is 4.51. The molecule has 0 aliphatic rings. The number of halogens is 1. The van der Waals surface area contributed by atoms with Crippen LogP contribution < -0.4 is 9.62 Å². The maximum Gasteiger partial charge on any atom is 0.244 e. The van der Waals surface area contributed by atoms with Crippen LogP contribution in [-0.2, 0) is 26.2 Å². The molecule has 0 fully saturated rings. The second-order valence-electron chi connectivity index (χ2n) is 6.80. The van der Waals surface area contributed by atoms with Crippen molar-refractivity contribution < 1.29 is 18.0 Å². The number of amides is 2. The molecule has 1 N–H and O–H groups in total. The van der Waals surface area contributed by atoms with Gasteiger partial charge in [0.1, 0.15) is 12.6 Å². The highest BCUT2D eigenvalue weighted by Crippen LogP contribution is 2.27. The quantitative estimate of drug-likeness (QED) is 0.635. The number of hydrogen-bond acceptors (Lipinski definition) is 4. The highest BCUT2D eigenvalue weighted by Gasteiger charge is 2.30. The van der Waals surface area contributed by atoms with Crippen molar-refractivity contribution in [3.05, 3.63) is 65.2 Å². The number of para-hydroxylation sites is 1. The lowest BCUT2D eigenvalue weighted by atomic mass is 10.1. The average molecular weight is 452 g/mol. The first-order valence-corrected chi connectivity index (χ1v) is 11.7. The molecule has 162 valence electrons. The molecule has 0 spiro atoms. The summed E-state index contributed by atoms with van der Waals surface area (Å²) in [5.41, 5.74) is 1.03. The highest BCUT2D eigenvalue weighted by molar-refractivity contribution is 7.92. The molecular weight excluding hydrogens is 426 g/mol. The first kappa shape index (κ1) is 23.7. The van der Waals surface area contributed by atoms with E-state index in [-0.39, 0.29) is 23.2 Å². The lowest BCUT2D eigenvalue weighted by Crippen LogP contribution is -2.51. The van der Waals surface area contributed by atoms with Gasteiger partial charge in [-0.3, -0.25) is 13.9 Å². The van der Waals surface area contributed by atoms with Crippen LogP contribution in [0, 0.1) is 0 Å². The van der Waals surface area contributed by atoms with Gasteiger partial charge in [0.15, 0.2) is 0 Å². The van der Waals surface area contributed by atoms with Crippen LogP contribution in [0.25, 0.3) is 0 Å². The van der Waals surface area contributed by atoms with Crippen LogP contribution in [0.5, 0.6) is 0 Å². The zero-order chi connectivity index (χ0) is 22.3. The van der Waals surface area contributed by atoms with Crippen LogP contribution in [0.2, 0.25) is 5.02 Å². The monoisotopic (exact) mass is 451 g/mol. The number of sulfonamides is 1. The minimum atomic E-state index is -3.80. The van der Waals surface area contributed by atoms with Crippen molar-refractivity contribution in [1.82, 2.24) is 10.2 Å². The van der Waals surface area contributed by atoms with E-state index in [1.807, 2.05) is 30.3 Å². The Morgan fingerprint density at radius 3 is 2.23 bits per heavy atom. The second kappa shape index (κ2) is 10.4. The van der Waals surface area contributed by atoms with E-state index < -0.39 is 28.5 Å². The molecule has 0 bridgehead atoms. The summed E-state index contributed by atoms with van der Waals surface area (Å²) in [6.45, 7) is 3.52. The van der Waals surface area contributed by atoms with Gasteiger partial charge in [0.25, 0.3) is 0 Å². The van der Waals surface area contributed by atoms with Crippen molar-refractivity contribution >= 4 is 39.1 Å². The standard InChI is InChI=1S/C21H26ClN3O4S/c1-4-23-21(27)16(2)24(14-17-10-6-5-7-11-17)20(26)15-25(30(3,28)29)19-13-9-8-12-18(19)22/h5-13,16H,4,14-15H2,1-3H3,(H,23,27). The fourth-order valence-corrected chi connectivity index (χ4v) is 4.08. The fraction of sp³-hybridized carbons (Fsp3) is 0.333. The topological polar surface area (TPSA) is 86.8 Å². The number of benzene rings is 2. The van der Waals surface area contributed by atoms with Crippen LogP contribution in [-0.4, -0.2) is 50.5 Å². The third-order valence-corrected chi connectivity index (χ3v) is 5.96. The van der Waals surface area contributed by atoms with Gasteiger partial charge in [-0.25, -0.2) is 8.42 Å². The van der Waals surface area contributed by atoms with Crippen molar-refractivity contribution in [1.29, 1.82) is 0 Å². The van der Waals surface area contributed by atoms with E-state index in [0.29, 0.717) is 6.54 Å². The normalized spacial score (nSPS) is 12.1. The van der Waals surface area contributed by atoms with Crippen LogP contribution in [0.4, 0.5) is 5.69 Å². The van der Waals surface area contributed by atoms with Crippen molar-refractivity contribution in [2.45, 2.75) is 26.4 Å². The molecule has 7 nitrogen and oxygen atoms in total. The smallest absolute Gasteiger partial charge is 0.244 e. The summed E-state index contributed by atoms with van der Waals surface area (Å²) in [7, 11) is -3.80. The molecule has 2 rings (SSSR count). The Morgan fingerprint density at radius 1 is 1.07 bits per heavy atom. The van der Waals surface area contributed by atoms with E-state index in [9.17, 15) is 18.0 Å². The van der Waals surface area contributed by atoms with E-state index in [1.54, 1.807) is 32.0 Å². The summed E-state index contributed by atoms with van der Waals surface area (Å²) in [4.78, 5) is 27.0. The molecule has 2 aromatic rings. The molecule has 1 unspecified atom stereocenters. The number of nitrogens with one attached hydrogen (secondary N) is 1. The lowest BCUT2D eigenvalue weighted by Gasteiger charge is -2.31. The predicted molar refractivity (Wildman–Crippen MR) is 119 cm³/mol. The van der Waals surface area contributed by atoms with Gasteiger partial charge in [-0.05, 0) is 31.5 Å². The van der Waals surface area contributed by atoms with Crippen molar-refractivity contribution in [2.75, 3.05) is 23.7 Å². The maximum atomic E-state index is 13.2. The molecule has 0 radical (unpaired) electrons. The van der Waals surface area contributed by atoms with E-state index in [1.165, 1.54) is 11.0 Å². The first-order chi connectivity index (χ1) is 14.1. The SMILES string of the molecule is CCNC(=O)C(C)N(Cc1ccccc1)C(=O)CN(c1ccccc1Cl)S(C)(=O)=O. The number of hydrogen-bond donors (Lipinski definition) is 1. The number of carbonyl (C=O) groups is 2. The Balaban J connectivity index is 2.37. The summed E-state index contributed by atoms with van der Waals surface area (Å²) in [6.07, 6.45) is 1.01. The van der Waals surface area contributed by atoms with Gasteiger partial charge >= 0.3 is 0 Å². The van der Waals surface area contributed by atoms with Gasteiger partial charge in [-0.1, -0.05) is 54.1 Å². The van der Waals surface area contributed by atoms with Crippen LogP contribution >= 0.6 is 11.6 Å². The van der Waals surface area contributed by atoms with E-state index in [2.05, 4.69) is 5.32 Å². The van der Waals surface area contributed by atoms with Crippen molar-refractivity contribution in [3.63, 3.8) is 0 Å². The molecule has 1 atom stereocenters. The molecular formula is C21H26ClN3O4S. The number of carbonyl (C=O) groups excluding carboxylic acids is 2. The van der Waals surface area contributed by atoms with Gasteiger partial charge in [-0.15, -0.1) is 0 Å². The second-order valence-corrected chi connectivity index (χ2v) is 9.11. The minimum Gasteiger partial charge on any atom is -0.355 e. The zero-order valence-electron chi connectivity index (χ0n) is 17.2. The number of rotatable bonds is 9. The Bertz CT molecular complexity index is 983. The molecule has 0 saturated heterocycles. The molecule has 0 aromatic heterocycles. The molecule has 0 aliphatic heterocycles. The Kier molecular flexibility index (Phi) is 8.25. The Labute approximate surface area is 182 Å². The molecule has 30 heavy (non-hydrogen) atoms. The third kappa shape index (κ3) is 6.21. The Morgan fingerprint density at radius 2 is 1.67 bits per heavy atom. The summed E-state index contributed by atoms with van der Waals surface area (Å²) in [5, 5.41) is 2.92. The Hall–Kier alpha value is -2.58. The van der Waals surface area contributed by atoms with Crippen molar-refractivity contribution in [3.8, 4) is 0 Å². The summed E-state index contributed by atoms with van der Waals surface area (Å²) in [5.74, 6) is -0.826. The molecule has 0 heterocycles. The van der Waals surface area contributed by atoms with E-state index in [4.69, 9.17) is 11.6 Å². The maximum absolute atomic E-state index is 13.2. The molecule has 0 aliphatic carbocycles. The zero-order valence-corrected chi connectivity index (χ0v) is 18.8. The predicted octanol–water partition coefficient (Wildman–Crippen LogP) is 2.66. The van der Waals surface area contributed by atoms with Crippen LogP contribution in [0.3, 0.4) is 0 Å². The molecule has 9 heteroatoms. The van der Waals surface area contributed by atoms with Gasteiger partial charge in [0.2, 0.25) is 21.8 Å². The van der Waals surface area contributed by atoms with Crippen LogP contribution in [0.1, 0.15) is 19.4 Å². The number of nitrogens with zero attached hydrogens (tertiary/aromatic N) is 2. The number of likely N-dealkylation sites (N-methyl/N-ethyl adjacent to an activating group) is 1. The van der Waals surface area contributed by atoms with Gasteiger partial charge in [0, 0.05) is 13.1 Å². The molecule has 0 saturated carbocycles. The summed E-state index contributed by atoms with van der Waals surface area (Å²) >= 11 is 6.18. The number of anilines is 1. The van der Waals surface area contributed by atoms with E-state index in [0.717, 1.165) is 16.1 Å². The summed E-state index contributed by atoms with van der Waals surface area (Å²) in [6, 6.07) is 14.8. The molecule has 2 aromatic carbocycles. The summed E-state index contributed by atoms with van der Waals surface area (Å²) < 4.78 is 25.8. The fourth-order valence-electron chi connectivity index (χ4n) is 2.93. The lowest BCUT2D eigenvalue weighted by molar-refractivity contribution is -0.139. The largest absolute Gasteiger partial charge is 0.355 e. The van der Waals surface area contributed by atoms with Crippen LogP contribution in [0.15, 0.2) is 54.6 Å². The van der Waals surface area contributed by atoms with Gasteiger partial charge in [0.05, 0.1) is 17.0 Å². The molecule has 2 amide bonds.